The molecule has 7 heteroatoms. The molecule has 2 fully saturated rings. The zero-order chi connectivity index (χ0) is 18.1. The van der Waals surface area contributed by atoms with Crippen LogP contribution in [0.2, 0.25) is 0 Å². The maximum atomic E-state index is 13.2. The van der Waals surface area contributed by atoms with Crippen LogP contribution in [0.3, 0.4) is 0 Å². The Morgan fingerprint density at radius 1 is 1.15 bits per heavy atom. The Hall–Kier alpha value is -1.99. The summed E-state index contributed by atoms with van der Waals surface area (Å²) in [6.45, 7) is 6.04. The van der Waals surface area contributed by atoms with Crippen molar-refractivity contribution in [3.63, 3.8) is 0 Å². The lowest BCUT2D eigenvalue weighted by Crippen LogP contribution is -2.43. The molecule has 2 heterocycles. The van der Waals surface area contributed by atoms with Gasteiger partial charge in [0.2, 0.25) is 5.75 Å². The fraction of sp³-hybridized carbons (Fsp3) is 0.474. The second kappa shape index (κ2) is 6.96. The monoisotopic (exact) mass is 372 g/mol. The van der Waals surface area contributed by atoms with Crippen molar-refractivity contribution in [2.24, 2.45) is 5.41 Å². The maximum absolute atomic E-state index is 13.2. The first-order valence-corrected chi connectivity index (χ1v) is 9.45. The number of hydrogen-bond donors (Lipinski definition) is 1. The molecule has 4 rings (SSSR count). The lowest BCUT2D eigenvalue weighted by Gasteiger charge is -2.33. The molecule has 1 saturated carbocycles. The summed E-state index contributed by atoms with van der Waals surface area (Å²) in [5.41, 5.74) is 1.53. The van der Waals surface area contributed by atoms with Gasteiger partial charge in [-0.3, -0.25) is 4.79 Å². The number of aromatic nitrogens is 2. The van der Waals surface area contributed by atoms with Crippen LogP contribution in [0.1, 0.15) is 19.8 Å². The van der Waals surface area contributed by atoms with E-state index in [1.54, 1.807) is 6.20 Å². The fourth-order valence-corrected chi connectivity index (χ4v) is 3.26. The molecule has 0 bridgehead atoms. The van der Waals surface area contributed by atoms with Gasteiger partial charge in [0.1, 0.15) is 5.69 Å². The minimum atomic E-state index is -0.203. The van der Waals surface area contributed by atoms with Gasteiger partial charge in [0.25, 0.3) is 0 Å². The zero-order valence-electron chi connectivity index (χ0n) is 15.0. The molecule has 0 unspecified atom stereocenters. The van der Waals surface area contributed by atoms with Crippen LogP contribution in [0.4, 0.5) is 5.69 Å². The Morgan fingerprint density at radius 2 is 1.85 bits per heavy atom. The molecule has 1 aromatic carbocycles. The molecule has 1 aliphatic heterocycles. The standard InChI is InChI=1S/C19H24N4O2S/c1-19(7-8-19)14-25-17-16(21-9-11-22(26)12-10-21)13-20-23(18(17)24)15-5-3-2-4-6-15/h2-6,13,26H,7-12,14H2,1H3. The van der Waals surface area contributed by atoms with Crippen molar-refractivity contribution < 1.29 is 4.74 Å². The minimum Gasteiger partial charge on any atom is -0.486 e. The van der Waals surface area contributed by atoms with Crippen molar-refractivity contribution in [3.8, 4) is 11.4 Å². The average Bonchev–Trinajstić information content (AvgIpc) is 3.39. The highest BCUT2D eigenvalue weighted by Crippen LogP contribution is 2.45. The summed E-state index contributed by atoms with van der Waals surface area (Å²) in [5.74, 6) is 0.407. The van der Waals surface area contributed by atoms with E-state index < -0.39 is 0 Å². The van der Waals surface area contributed by atoms with E-state index in [4.69, 9.17) is 4.74 Å². The van der Waals surface area contributed by atoms with Crippen LogP contribution in [0.25, 0.3) is 5.69 Å². The molecular formula is C19H24N4O2S. The summed E-state index contributed by atoms with van der Waals surface area (Å²) in [4.78, 5) is 15.3. The highest BCUT2D eigenvalue weighted by Gasteiger charge is 2.38. The third-order valence-electron chi connectivity index (χ3n) is 5.18. The second-order valence-electron chi connectivity index (χ2n) is 7.45. The number of thiol groups is 1. The van der Waals surface area contributed by atoms with Gasteiger partial charge in [-0.15, -0.1) is 0 Å². The molecular weight excluding hydrogens is 348 g/mol. The highest BCUT2D eigenvalue weighted by atomic mass is 32.1. The van der Waals surface area contributed by atoms with Crippen LogP contribution < -0.4 is 15.2 Å². The molecule has 1 aromatic heterocycles. The minimum absolute atomic E-state index is 0.203. The Labute approximate surface area is 158 Å². The van der Waals surface area contributed by atoms with Crippen LogP contribution in [-0.2, 0) is 0 Å². The van der Waals surface area contributed by atoms with Gasteiger partial charge < -0.3 is 9.64 Å². The van der Waals surface area contributed by atoms with Crippen molar-refractivity contribution in [1.82, 2.24) is 14.1 Å². The van der Waals surface area contributed by atoms with Crippen molar-refractivity contribution in [2.75, 3.05) is 37.7 Å². The van der Waals surface area contributed by atoms with Crippen LogP contribution >= 0.6 is 12.8 Å². The summed E-state index contributed by atoms with van der Waals surface area (Å²) >= 11 is 4.41. The first-order valence-electron chi connectivity index (χ1n) is 9.05. The van der Waals surface area contributed by atoms with E-state index in [9.17, 15) is 4.79 Å². The molecule has 26 heavy (non-hydrogen) atoms. The molecule has 1 saturated heterocycles. The van der Waals surface area contributed by atoms with Crippen LogP contribution in [-0.4, -0.2) is 46.9 Å². The van der Waals surface area contributed by atoms with Gasteiger partial charge in [0, 0.05) is 31.6 Å². The predicted molar refractivity (Wildman–Crippen MR) is 105 cm³/mol. The molecule has 0 N–H and O–H groups in total. The van der Waals surface area contributed by atoms with E-state index in [-0.39, 0.29) is 11.0 Å². The van der Waals surface area contributed by atoms with Crippen molar-refractivity contribution in [3.05, 3.63) is 46.9 Å². The lowest BCUT2D eigenvalue weighted by atomic mass is 10.2. The Morgan fingerprint density at radius 3 is 2.50 bits per heavy atom. The van der Waals surface area contributed by atoms with E-state index in [2.05, 4.69) is 29.7 Å². The average molecular weight is 372 g/mol. The number of ether oxygens (including phenoxy) is 1. The summed E-state index contributed by atoms with van der Waals surface area (Å²) in [5, 5.41) is 4.41. The van der Waals surface area contributed by atoms with Crippen molar-refractivity contribution >= 4 is 18.5 Å². The first-order chi connectivity index (χ1) is 12.6. The highest BCUT2D eigenvalue weighted by molar-refractivity contribution is 7.77. The Bertz CT molecular complexity index is 827. The maximum Gasteiger partial charge on any atom is 0.316 e. The summed E-state index contributed by atoms with van der Waals surface area (Å²) < 4.78 is 9.50. The topological polar surface area (TPSA) is 50.6 Å². The van der Waals surface area contributed by atoms with E-state index in [0.29, 0.717) is 12.4 Å². The van der Waals surface area contributed by atoms with E-state index in [1.165, 1.54) is 4.68 Å². The number of anilines is 1. The van der Waals surface area contributed by atoms with Gasteiger partial charge in [-0.05, 0) is 25.0 Å². The van der Waals surface area contributed by atoms with Gasteiger partial charge in [-0.2, -0.15) is 9.78 Å². The number of rotatable bonds is 5. The molecule has 0 radical (unpaired) electrons. The molecule has 2 aromatic rings. The third kappa shape index (κ3) is 3.59. The van der Waals surface area contributed by atoms with Crippen LogP contribution in [0.5, 0.6) is 5.75 Å². The molecule has 1 aliphatic carbocycles. The lowest BCUT2D eigenvalue weighted by molar-refractivity contribution is 0.243. The van der Waals surface area contributed by atoms with Gasteiger partial charge >= 0.3 is 5.56 Å². The smallest absolute Gasteiger partial charge is 0.316 e. The number of nitrogens with zero attached hydrogens (tertiary/aromatic N) is 4. The molecule has 0 atom stereocenters. The van der Waals surface area contributed by atoms with Crippen molar-refractivity contribution in [1.29, 1.82) is 0 Å². The van der Waals surface area contributed by atoms with Gasteiger partial charge in [-0.1, -0.05) is 37.9 Å². The molecule has 138 valence electrons. The molecule has 6 nitrogen and oxygen atoms in total. The number of hydrogen-bond acceptors (Lipinski definition) is 6. The van der Waals surface area contributed by atoms with Gasteiger partial charge in [0.05, 0.1) is 18.5 Å². The second-order valence-corrected chi connectivity index (χ2v) is 8.02. The number of benzene rings is 1. The van der Waals surface area contributed by atoms with Crippen LogP contribution in [0, 0.1) is 5.41 Å². The normalized spacial score (nSPS) is 19.4. The number of piperazine rings is 1. The largest absolute Gasteiger partial charge is 0.486 e. The predicted octanol–water partition coefficient (Wildman–Crippen LogP) is 2.38. The van der Waals surface area contributed by atoms with Crippen LogP contribution in [0.15, 0.2) is 41.3 Å². The SMILES string of the molecule is CC1(COc2c(N3CCN(S)CC3)cnn(-c3ccccc3)c2=O)CC1. The third-order valence-corrected chi connectivity index (χ3v) is 5.58. The number of para-hydroxylation sites is 1. The van der Waals surface area contributed by atoms with Gasteiger partial charge in [-0.25, -0.2) is 4.31 Å². The van der Waals surface area contributed by atoms with E-state index in [0.717, 1.165) is 50.4 Å². The molecule has 0 amide bonds. The summed E-state index contributed by atoms with van der Waals surface area (Å²) in [6.07, 6.45) is 4.06. The zero-order valence-corrected chi connectivity index (χ0v) is 15.9. The summed E-state index contributed by atoms with van der Waals surface area (Å²) in [7, 11) is 0. The van der Waals surface area contributed by atoms with E-state index >= 15 is 0 Å². The first kappa shape index (κ1) is 17.4. The van der Waals surface area contributed by atoms with Crippen molar-refractivity contribution in [2.45, 2.75) is 19.8 Å². The van der Waals surface area contributed by atoms with E-state index in [1.807, 2.05) is 34.6 Å². The quantitative estimate of drug-likeness (QED) is 0.817. The summed E-state index contributed by atoms with van der Waals surface area (Å²) in [6, 6.07) is 9.47. The van der Waals surface area contributed by atoms with Gasteiger partial charge in [0.15, 0.2) is 0 Å². The Kier molecular flexibility index (Phi) is 4.67. The molecule has 0 spiro atoms. The fourth-order valence-electron chi connectivity index (χ4n) is 3.08. The Balaban J connectivity index is 1.70. The molecule has 2 aliphatic rings.